The Hall–Kier alpha value is -1.82. The molecule has 0 unspecified atom stereocenters. The molecule has 0 radical (unpaired) electrons. The fourth-order valence-corrected chi connectivity index (χ4v) is 3.36. The number of rotatable bonds is 6. The maximum absolute atomic E-state index is 10.8. The molecule has 2 N–H and O–H groups in total. The number of primary amides is 1. The van der Waals surface area contributed by atoms with Gasteiger partial charge >= 0.3 is 6.09 Å². The van der Waals surface area contributed by atoms with Crippen LogP contribution in [0.2, 0.25) is 0 Å². The molecule has 0 atom stereocenters. The van der Waals surface area contributed by atoms with Gasteiger partial charge in [-0.05, 0) is 42.3 Å². The molecule has 21 heavy (non-hydrogen) atoms. The average Bonchev–Trinajstić information content (AvgIpc) is 2.81. The number of fused-ring (bicyclic) bond motifs is 1. The topological polar surface area (TPSA) is 98.2 Å². The zero-order chi connectivity index (χ0) is 15.2. The number of thiazole rings is 1. The maximum Gasteiger partial charge on any atom is 0.411 e. The van der Waals surface area contributed by atoms with E-state index in [4.69, 9.17) is 20.5 Å². The van der Waals surface area contributed by atoms with Crippen LogP contribution >= 0.6 is 23.1 Å². The predicted octanol–water partition coefficient (Wildman–Crippen LogP) is 2.91. The molecule has 1 aromatic heterocycles. The lowest BCUT2D eigenvalue weighted by molar-refractivity contribution is 0.195. The van der Waals surface area contributed by atoms with Crippen LogP contribution in [0, 0.1) is 10.7 Å². The van der Waals surface area contributed by atoms with Gasteiger partial charge in [0.25, 0.3) is 5.19 Å². The number of nitrogens with zero attached hydrogens (tertiary/aromatic N) is 2. The molecular weight excluding hydrogens is 310 g/mol. The van der Waals surface area contributed by atoms with E-state index >= 15 is 0 Å². The zero-order valence-electron chi connectivity index (χ0n) is 11.3. The van der Waals surface area contributed by atoms with Crippen LogP contribution in [0.15, 0.2) is 17.0 Å². The molecule has 0 fully saturated rings. The molecular formula is C13H13N3O3S2. The summed E-state index contributed by atoms with van der Waals surface area (Å²) >= 11 is 2.32. The lowest BCUT2D eigenvalue weighted by Gasteiger charge is -2.04. The second-order valence-electron chi connectivity index (χ2n) is 4.12. The summed E-state index contributed by atoms with van der Waals surface area (Å²) < 4.78 is 10.7. The summed E-state index contributed by atoms with van der Waals surface area (Å²) in [7, 11) is 1.65. The van der Waals surface area contributed by atoms with Crippen LogP contribution < -0.4 is 10.5 Å². The van der Waals surface area contributed by atoms with Gasteiger partial charge in [-0.25, -0.2) is 9.78 Å². The van der Waals surface area contributed by atoms with Crippen molar-refractivity contribution in [3.8, 4) is 10.6 Å². The third-order valence-electron chi connectivity index (χ3n) is 2.67. The number of aromatic nitrogens is 1. The first-order valence-corrected chi connectivity index (χ1v) is 7.73. The van der Waals surface area contributed by atoms with Crippen molar-refractivity contribution in [2.75, 3.05) is 13.7 Å². The number of ether oxygens (including phenoxy) is 2. The Bertz CT molecular complexity index is 694. The number of carbonyl (C=O) groups is 1. The van der Waals surface area contributed by atoms with E-state index in [1.165, 1.54) is 11.3 Å². The Morgan fingerprint density at radius 1 is 1.57 bits per heavy atom. The number of hydrogen-bond donors (Lipinski definition) is 1. The van der Waals surface area contributed by atoms with Gasteiger partial charge in [-0.2, -0.15) is 5.26 Å². The van der Waals surface area contributed by atoms with E-state index in [9.17, 15) is 4.79 Å². The van der Waals surface area contributed by atoms with Crippen LogP contribution in [0.3, 0.4) is 0 Å². The van der Waals surface area contributed by atoms with Crippen molar-refractivity contribution in [2.24, 2.45) is 5.73 Å². The van der Waals surface area contributed by atoms with E-state index in [2.05, 4.69) is 10.4 Å². The predicted molar refractivity (Wildman–Crippen MR) is 81.5 cm³/mol. The number of thiocyanates is 1. The quantitative estimate of drug-likeness (QED) is 0.498. The highest BCUT2D eigenvalue weighted by Gasteiger charge is 2.13. The highest BCUT2D eigenvalue weighted by Crippen LogP contribution is 2.34. The van der Waals surface area contributed by atoms with Crippen LogP contribution in [0.25, 0.3) is 10.2 Å². The first-order chi connectivity index (χ1) is 10.1. The van der Waals surface area contributed by atoms with Gasteiger partial charge in [0, 0.05) is 18.6 Å². The lowest BCUT2D eigenvalue weighted by Crippen LogP contribution is -2.15. The molecule has 0 aliphatic heterocycles. The van der Waals surface area contributed by atoms with Gasteiger partial charge in [-0.3, -0.25) is 0 Å². The number of methoxy groups -OCH3 is 1. The number of hydrogen-bond acceptors (Lipinski definition) is 7. The van der Waals surface area contributed by atoms with Gasteiger partial charge in [0.15, 0.2) is 0 Å². The molecule has 0 saturated heterocycles. The molecule has 1 aromatic carbocycles. The van der Waals surface area contributed by atoms with Crippen molar-refractivity contribution in [3.63, 3.8) is 0 Å². The number of benzene rings is 1. The highest BCUT2D eigenvalue weighted by atomic mass is 32.2. The second kappa shape index (κ2) is 7.26. The number of aryl methyl sites for hydroxylation is 1. The van der Waals surface area contributed by atoms with E-state index < -0.39 is 6.09 Å². The van der Waals surface area contributed by atoms with Crippen LogP contribution in [0.5, 0.6) is 5.19 Å². The van der Waals surface area contributed by atoms with Gasteiger partial charge in [0.1, 0.15) is 5.40 Å². The molecule has 2 rings (SSSR count). The number of nitrogens with two attached hydrogens (primary N) is 1. The molecule has 2 aromatic rings. The molecule has 0 saturated carbocycles. The summed E-state index contributed by atoms with van der Waals surface area (Å²) in [4.78, 5) is 15.9. The molecule has 0 aliphatic carbocycles. The third kappa shape index (κ3) is 4.07. The Labute approximate surface area is 129 Å². The molecule has 0 spiro atoms. The van der Waals surface area contributed by atoms with Crippen LogP contribution in [0.1, 0.15) is 12.0 Å². The van der Waals surface area contributed by atoms with E-state index in [1.807, 2.05) is 12.1 Å². The summed E-state index contributed by atoms with van der Waals surface area (Å²) in [6.45, 7) is 0.645. The Morgan fingerprint density at radius 3 is 3.05 bits per heavy atom. The van der Waals surface area contributed by atoms with Crippen molar-refractivity contribution in [1.29, 1.82) is 5.26 Å². The second-order valence-corrected chi connectivity index (χ2v) is 5.97. The maximum atomic E-state index is 10.8. The largest absolute Gasteiger partial charge is 0.411 e. The van der Waals surface area contributed by atoms with E-state index in [0.29, 0.717) is 6.61 Å². The van der Waals surface area contributed by atoms with Crippen molar-refractivity contribution in [2.45, 2.75) is 17.7 Å². The normalized spacial score (nSPS) is 10.5. The van der Waals surface area contributed by atoms with E-state index in [-0.39, 0.29) is 5.19 Å². The Balaban J connectivity index is 2.38. The van der Waals surface area contributed by atoms with Gasteiger partial charge in [0.2, 0.25) is 0 Å². The third-order valence-corrected chi connectivity index (χ3v) is 4.12. The monoisotopic (exact) mass is 323 g/mol. The molecule has 1 amide bonds. The molecule has 6 nitrogen and oxygen atoms in total. The van der Waals surface area contributed by atoms with Crippen molar-refractivity contribution < 1.29 is 14.3 Å². The minimum Gasteiger partial charge on any atom is -0.385 e. The summed E-state index contributed by atoms with van der Waals surface area (Å²) in [5.74, 6) is 0. The lowest BCUT2D eigenvalue weighted by atomic mass is 10.1. The molecule has 0 aliphatic rings. The van der Waals surface area contributed by atoms with Gasteiger partial charge in [0.05, 0.1) is 10.2 Å². The smallest absolute Gasteiger partial charge is 0.385 e. The van der Waals surface area contributed by atoms with Crippen molar-refractivity contribution >= 4 is 39.4 Å². The first-order valence-electron chi connectivity index (χ1n) is 6.09. The van der Waals surface area contributed by atoms with Gasteiger partial charge in [-0.15, -0.1) is 0 Å². The Kier molecular flexibility index (Phi) is 5.38. The Morgan fingerprint density at radius 2 is 2.38 bits per heavy atom. The minimum atomic E-state index is -0.887. The number of nitriles is 1. The first kappa shape index (κ1) is 15.6. The van der Waals surface area contributed by atoms with Gasteiger partial charge < -0.3 is 15.2 Å². The summed E-state index contributed by atoms with van der Waals surface area (Å²) in [6.07, 6.45) is 0.723. The number of carbonyl (C=O) groups excluding carboxylic acids is 1. The molecule has 1 heterocycles. The highest BCUT2D eigenvalue weighted by molar-refractivity contribution is 8.03. The molecule has 0 bridgehead atoms. The average molecular weight is 323 g/mol. The standard InChI is InChI=1S/C13H13N3O3S2/c1-18-4-2-3-8-5-9(20-7-14)6-10-11(8)16-13(21-10)19-12(15)17/h5-6H,2-4H2,1H3,(H2,15,17). The van der Waals surface area contributed by atoms with Crippen LogP contribution in [-0.2, 0) is 11.2 Å². The van der Waals surface area contributed by atoms with Gasteiger partial charge in [-0.1, -0.05) is 11.3 Å². The fraction of sp³-hybridized carbons (Fsp3) is 0.308. The summed E-state index contributed by atoms with van der Waals surface area (Å²) in [5.41, 5.74) is 6.77. The van der Waals surface area contributed by atoms with Crippen molar-refractivity contribution in [1.82, 2.24) is 4.98 Å². The summed E-state index contributed by atoms with van der Waals surface area (Å²) in [6, 6.07) is 3.79. The zero-order valence-corrected chi connectivity index (χ0v) is 12.9. The van der Waals surface area contributed by atoms with Crippen molar-refractivity contribution in [3.05, 3.63) is 17.7 Å². The van der Waals surface area contributed by atoms with Crippen LogP contribution in [-0.4, -0.2) is 24.8 Å². The van der Waals surface area contributed by atoms with E-state index in [0.717, 1.165) is 45.3 Å². The summed E-state index contributed by atoms with van der Waals surface area (Å²) in [5, 5.41) is 11.1. The fourth-order valence-electron chi connectivity index (χ4n) is 1.89. The molecule has 8 heteroatoms. The number of thioether (sulfide) groups is 1. The minimum absolute atomic E-state index is 0.213. The molecule has 110 valence electrons. The SMILES string of the molecule is COCCCc1cc(SC#N)cc2sc(OC(N)=O)nc12. The number of amides is 1. The van der Waals surface area contributed by atoms with E-state index in [1.54, 1.807) is 7.11 Å². The van der Waals surface area contributed by atoms with Crippen LogP contribution in [0.4, 0.5) is 4.79 Å².